The quantitative estimate of drug-likeness (QED) is 0.348. The van der Waals surface area contributed by atoms with E-state index in [0.29, 0.717) is 24.3 Å². The maximum absolute atomic E-state index is 13.8. The zero-order valence-corrected chi connectivity index (χ0v) is 20.7. The first-order valence-corrected chi connectivity index (χ1v) is 12.2. The van der Waals surface area contributed by atoms with Crippen molar-refractivity contribution >= 4 is 23.3 Å². The summed E-state index contributed by atoms with van der Waals surface area (Å²) in [6.45, 7) is 3.13. The summed E-state index contributed by atoms with van der Waals surface area (Å²) in [4.78, 5) is 33.1. The fourth-order valence-corrected chi connectivity index (χ4v) is 4.56. The molecule has 0 saturated carbocycles. The van der Waals surface area contributed by atoms with Gasteiger partial charge in [-0.3, -0.25) is 14.7 Å². The molecule has 1 saturated heterocycles. The van der Waals surface area contributed by atoms with E-state index in [2.05, 4.69) is 25.4 Å². The number of nitrogens with one attached hydrogen (secondary N) is 2. The molecule has 1 aliphatic heterocycles. The van der Waals surface area contributed by atoms with Crippen molar-refractivity contribution in [2.24, 2.45) is 5.73 Å². The highest BCUT2D eigenvalue weighted by molar-refractivity contribution is 6.04. The Morgan fingerprint density at radius 2 is 1.95 bits per heavy atom. The lowest BCUT2D eigenvalue weighted by atomic mass is 10.0. The number of nitrogen functional groups attached to an aromatic ring is 1. The van der Waals surface area contributed by atoms with Gasteiger partial charge in [0.25, 0.3) is 5.91 Å². The smallest absolute Gasteiger partial charge is 0.312 e. The van der Waals surface area contributed by atoms with Gasteiger partial charge in [0.05, 0.1) is 17.4 Å². The third-order valence-corrected chi connectivity index (χ3v) is 6.65. The molecule has 4 rings (SSSR count). The predicted molar refractivity (Wildman–Crippen MR) is 141 cm³/mol. The van der Waals surface area contributed by atoms with Gasteiger partial charge in [-0.2, -0.15) is 0 Å². The van der Waals surface area contributed by atoms with Gasteiger partial charge >= 0.3 is 6.03 Å². The van der Waals surface area contributed by atoms with Gasteiger partial charge in [0.2, 0.25) is 0 Å². The van der Waals surface area contributed by atoms with Crippen LogP contribution in [0.3, 0.4) is 0 Å². The number of carbonyl (C=O) groups is 2. The number of nitrogens with zero attached hydrogens (tertiary/aromatic N) is 3. The minimum atomic E-state index is -0.637. The van der Waals surface area contributed by atoms with E-state index < -0.39 is 6.03 Å². The van der Waals surface area contributed by atoms with Gasteiger partial charge in [0.1, 0.15) is 11.5 Å². The topological polar surface area (TPSA) is 130 Å². The number of rotatable bonds is 8. The molecule has 1 aliphatic rings. The molecule has 10 heteroatoms. The molecule has 2 atom stereocenters. The van der Waals surface area contributed by atoms with Crippen LogP contribution in [0.4, 0.5) is 20.6 Å². The van der Waals surface area contributed by atoms with Crippen molar-refractivity contribution in [2.75, 3.05) is 44.3 Å². The van der Waals surface area contributed by atoms with Crippen molar-refractivity contribution in [1.82, 2.24) is 20.1 Å². The van der Waals surface area contributed by atoms with Gasteiger partial charge in [-0.1, -0.05) is 30.3 Å². The summed E-state index contributed by atoms with van der Waals surface area (Å²) in [5, 5.41) is 5.54. The number of aromatic nitrogens is 1. The number of halogens is 1. The number of para-hydroxylation sites is 2. The molecule has 0 aliphatic carbocycles. The second-order valence-electron chi connectivity index (χ2n) is 9.22. The second-order valence-corrected chi connectivity index (χ2v) is 9.22. The van der Waals surface area contributed by atoms with E-state index in [4.69, 9.17) is 11.5 Å². The standard InChI is InChI=1S/C27H32FN7O2/c1-34-13-14-35(17-25(34)18-5-4-6-20(28)15-18)12-11-22(33-27(30)37)19-9-10-24(31-16-19)26(36)32-23-8-3-2-7-21(23)29/h2-10,15-16,22,25H,11-14,17,29H2,1H3,(H,32,36)(H3,30,33,37). The molecule has 0 bridgehead atoms. The molecule has 3 aromatic rings. The molecular formula is C27H32FN7O2. The first-order chi connectivity index (χ1) is 17.8. The average molecular weight is 506 g/mol. The number of primary amides is 1. The molecule has 0 spiro atoms. The normalized spacial score (nSPS) is 17.2. The molecular weight excluding hydrogens is 473 g/mol. The Labute approximate surface area is 215 Å². The predicted octanol–water partition coefficient (Wildman–Crippen LogP) is 3.14. The van der Waals surface area contributed by atoms with Crippen molar-refractivity contribution < 1.29 is 14.0 Å². The maximum atomic E-state index is 13.8. The van der Waals surface area contributed by atoms with E-state index in [1.54, 1.807) is 54.7 Å². The highest BCUT2D eigenvalue weighted by Crippen LogP contribution is 2.26. The SMILES string of the molecule is CN1CCN(CCC(NC(N)=O)c2ccc(C(=O)Nc3ccccc3N)nc2)CC1c1cccc(F)c1. The fraction of sp³-hybridized carbons (Fsp3) is 0.296. The van der Waals surface area contributed by atoms with Crippen LogP contribution in [0.25, 0.3) is 0 Å². The number of amides is 3. The van der Waals surface area contributed by atoms with Crippen molar-refractivity contribution in [3.8, 4) is 0 Å². The lowest BCUT2D eigenvalue weighted by molar-refractivity contribution is 0.0924. The van der Waals surface area contributed by atoms with Crippen LogP contribution in [0.1, 0.15) is 40.1 Å². The van der Waals surface area contributed by atoms with E-state index in [1.807, 2.05) is 13.1 Å². The largest absolute Gasteiger partial charge is 0.397 e. The van der Waals surface area contributed by atoms with Crippen molar-refractivity contribution in [1.29, 1.82) is 0 Å². The monoisotopic (exact) mass is 505 g/mol. The van der Waals surface area contributed by atoms with E-state index in [0.717, 1.165) is 30.8 Å². The van der Waals surface area contributed by atoms with Crippen LogP contribution >= 0.6 is 0 Å². The molecule has 37 heavy (non-hydrogen) atoms. The summed E-state index contributed by atoms with van der Waals surface area (Å²) in [7, 11) is 2.04. The van der Waals surface area contributed by atoms with E-state index in [9.17, 15) is 14.0 Å². The number of urea groups is 1. The molecule has 2 heterocycles. The van der Waals surface area contributed by atoms with E-state index in [1.165, 1.54) is 6.07 Å². The molecule has 2 aromatic carbocycles. The van der Waals surface area contributed by atoms with E-state index in [-0.39, 0.29) is 29.5 Å². The van der Waals surface area contributed by atoms with Crippen LogP contribution in [0, 0.1) is 5.82 Å². The number of nitrogens with two attached hydrogens (primary N) is 2. The third-order valence-electron chi connectivity index (χ3n) is 6.65. The van der Waals surface area contributed by atoms with Gasteiger partial charge in [0.15, 0.2) is 0 Å². The minimum absolute atomic E-state index is 0.0742. The number of hydrogen-bond acceptors (Lipinski definition) is 6. The number of hydrogen-bond donors (Lipinski definition) is 4. The first-order valence-electron chi connectivity index (χ1n) is 12.2. The second kappa shape index (κ2) is 11.8. The summed E-state index contributed by atoms with van der Waals surface area (Å²) in [5.41, 5.74) is 14.2. The Bertz CT molecular complexity index is 1240. The number of benzene rings is 2. The van der Waals surface area contributed by atoms with Gasteiger partial charge in [-0.15, -0.1) is 0 Å². The number of pyridine rings is 1. The number of anilines is 2. The van der Waals surface area contributed by atoms with Crippen LogP contribution < -0.4 is 22.1 Å². The lowest BCUT2D eigenvalue weighted by Gasteiger charge is -2.40. The minimum Gasteiger partial charge on any atom is -0.397 e. The highest BCUT2D eigenvalue weighted by atomic mass is 19.1. The number of likely N-dealkylation sites (N-methyl/N-ethyl adjacent to an activating group) is 1. The van der Waals surface area contributed by atoms with Crippen LogP contribution in [0.5, 0.6) is 0 Å². The third kappa shape index (κ3) is 6.81. The molecule has 2 unspecified atom stereocenters. The Hall–Kier alpha value is -4.02. The molecule has 0 radical (unpaired) electrons. The molecule has 9 nitrogen and oxygen atoms in total. The highest BCUT2D eigenvalue weighted by Gasteiger charge is 2.27. The summed E-state index contributed by atoms with van der Waals surface area (Å²) in [5.74, 6) is -0.629. The van der Waals surface area contributed by atoms with Gasteiger partial charge in [-0.25, -0.2) is 9.18 Å². The van der Waals surface area contributed by atoms with E-state index >= 15 is 0 Å². The Morgan fingerprint density at radius 1 is 1.14 bits per heavy atom. The van der Waals surface area contributed by atoms with Gasteiger partial charge in [0, 0.05) is 38.4 Å². The number of carbonyl (C=O) groups excluding carboxylic acids is 2. The lowest BCUT2D eigenvalue weighted by Crippen LogP contribution is -2.47. The van der Waals surface area contributed by atoms with Crippen molar-refractivity contribution in [3.63, 3.8) is 0 Å². The molecule has 6 N–H and O–H groups in total. The van der Waals surface area contributed by atoms with Crippen LogP contribution in [-0.2, 0) is 0 Å². The Kier molecular flexibility index (Phi) is 8.32. The summed E-state index contributed by atoms with van der Waals surface area (Å²) >= 11 is 0. The van der Waals surface area contributed by atoms with Crippen molar-refractivity contribution in [2.45, 2.75) is 18.5 Å². The van der Waals surface area contributed by atoms with Crippen LogP contribution in [0.2, 0.25) is 0 Å². The molecule has 194 valence electrons. The Balaban J connectivity index is 1.40. The fourth-order valence-electron chi connectivity index (χ4n) is 4.56. The molecule has 1 fully saturated rings. The van der Waals surface area contributed by atoms with Crippen LogP contribution in [-0.4, -0.2) is 59.9 Å². The molecule has 1 aromatic heterocycles. The number of piperazine rings is 1. The van der Waals surface area contributed by atoms with Gasteiger partial charge in [-0.05, 0) is 54.9 Å². The zero-order chi connectivity index (χ0) is 26.4. The maximum Gasteiger partial charge on any atom is 0.312 e. The van der Waals surface area contributed by atoms with Crippen molar-refractivity contribution in [3.05, 3.63) is 89.5 Å². The average Bonchev–Trinajstić information content (AvgIpc) is 2.88. The first kappa shape index (κ1) is 26.1. The van der Waals surface area contributed by atoms with Gasteiger partial charge < -0.3 is 27.0 Å². The molecule has 3 amide bonds. The summed E-state index contributed by atoms with van der Waals surface area (Å²) in [6.07, 6.45) is 2.17. The van der Waals surface area contributed by atoms with Crippen LogP contribution in [0.15, 0.2) is 66.9 Å². The Morgan fingerprint density at radius 3 is 2.65 bits per heavy atom. The zero-order valence-electron chi connectivity index (χ0n) is 20.7. The summed E-state index contributed by atoms with van der Waals surface area (Å²) in [6, 6.07) is 16.1. The summed E-state index contributed by atoms with van der Waals surface area (Å²) < 4.78 is 13.8.